The first-order chi connectivity index (χ1) is 10.8. The first-order valence-corrected chi connectivity index (χ1v) is 10.3. The van der Waals surface area contributed by atoms with Crippen molar-refractivity contribution in [2.24, 2.45) is 0 Å². The number of ether oxygens (including phenoxy) is 1. The van der Waals surface area contributed by atoms with Crippen LogP contribution < -0.4 is 4.74 Å². The topological polar surface area (TPSA) is 61.6 Å². The van der Waals surface area contributed by atoms with Gasteiger partial charge in [-0.25, -0.2) is 0 Å². The molecule has 0 aliphatic heterocycles. The molecule has 0 saturated heterocycles. The Hall–Kier alpha value is -1.61. The summed E-state index contributed by atoms with van der Waals surface area (Å²) in [5, 5.41) is 10.6. The molecule has 0 N–H and O–H groups in total. The van der Waals surface area contributed by atoms with E-state index in [1.165, 1.54) is 0 Å². The maximum atomic E-state index is 13.0. The van der Waals surface area contributed by atoms with E-state index in [2.05, 4.69) is 20.8 Å². The molecular formula is C15H22F3NO4Si. The zero-order valence-corrected chi connectivity index (χ0v) is 15.4. The van der Waals surface area contributed by atoms with Crippen LogP contribution in [-0.4, -0.2) is 26.5 Å². The quantitative estimate of drug-likeness (QED) is 0.307. The normalized spacial score (nSPS) is 13.0. The smallest absolute Gasteiger partial charge is 0.420 e. The molecule has 1 rings (SSSR count). The number of hydrogen-bond donors (Lipinski definition) is 0. The molecule has 0 aromatic heterocycles. The Morgan fingerprint density at radius 3 is 2.21 bits per heavy atom. The van der Waals surface area contributed by atoms with E-state index >= 15 is 0 Å². The summed E-state index contributed by atoms with van der Waals surface area (Å²) >= 11 is 0. The molecule has 0 aliphatic carbocycles. The van der Waals surface area contributed by atoms with E-state index in [0.717, 1.165) is 12.1 Å². The summed E-state index contributed by atoms with van der Waals surface area (Å²) in [5.74, 6) is -0.438. The van der Waals surface area contributed by atoms with E-state index in [1.807, 2.05) is 13.1 Å². The Morgan fingerprint density at radius 2 is 1.75 bits per heavy atom. The van der Waals surface area contributed by atoms with Gasteiger partial charge in [0.1, 0.15) is 17.9 Å². The Kier molecular flexibility index (Phi) is 6.04. The van der Waals surface area contributed by atoms with Gasteiger partial charge in [0.25, 0.3) is 5.69 Å². The predicted molar refractivity (Wildman–Crippen MR) is 86.7 cm³/mol. The van der Waals surface area contributed by atoms with E-state index in [9.17, 15) is 23.3 Å². The lowest BCUT2D eigenvalue weighted by atomic mass is 10.1. The fourth-order valence-electron chi connectivity index (χ4n) is 1.64. The van der Waals surface area contributed by atoms with E-state index in [-0.39, 0.29) is 18.3 Å². The molecule has 5 nitrogen and oxygen atoms in total. The summed E-state index contributed by atoms with van der Waals surface area (Å²) in [6.45, 7) is 10.3. The Balaban J connectivity index is 2.80. The maximum absolute atomic E-state index is 13.0. The fourth-order valence-corrected chi connectivity index (χ4v) is 2.67. The van der Waals surface area contributed by atoms with Crippen molar-refractivity contribution < 1.29 is 27.3 Å². The first-order valence-electron chi connectivity index (χ1n) is 7.38. The van der Waals surface area contributed by atoms with Crippen LogP contribution in [0, 0.1) is 10.1 Å². The largest absolute Gasteiger partial charge is 0.491 e. The molecular weight excluding hydrogens is 343 g/mol. The number of non-ortho nitro benzene ring substituents is 1. The van der Waals surface area contributed by atoms with Crippen LogP contribution in [0.1, 0.15) is 26.3 Å². The number of alkyl halides is 3. The third kappa shape index (κ3) is 5.20. The second-order valence-corrected chi connectivity index (χ2v) is 11.7. The third-order valence-electron chi connectivity index (χ3n) is 4.09. The second-order valence-electron chi connectivity index (χ2n) is 6.89. The van der Waals surface area contributed by atoms with Crippen molar-refractivity contribution in [2.75, 3.05) is 13.2 Å². The van der Waals surface area contributed by atoms with Crippen molar-refractivity contribution in [1.82, 2.24) is 0 Å². The highest BCUT2D eigenvalue weighted by molar-refractivity contribution is 6.74. The summed E-state index contributed by atoms with van der Waals surface area (Å²) in [6, 6.07) is 2.43. The number of benzene rings is 1. The molecule has 0 bridgehead atoms. The van der Waals surface area contributed by atoms with Gasteiger partial charge in [0.05, 0.1) is 11.5 Å². The van der Waals surface area contributed by atoms with Gasteiger partial charge in [-0.05, 0) is 24.2 Å². The van der Waals surface area contributed by atoms with Gasteiger partial charge < -0.3 is 9.16 Å². The molecule has 0 heterocycles. The number of rotatable bonds is 6. The molecule has 0 aliphatic rings. The first kappa shape index (κ1) is 20.4. The van der Waals surface area contributed by atoms with Crippen molar-refractivity contribution in [1.29, 1.82) is 0 Å². The average molecular weight is 365 g/mol. The molecule has 1 aromatic rings. The molecule has 24 heavy (non-hydrogen) atoms. The summed E-state index contributed by atoms with van der Waals surface area (Å²) in [7, 11) is -2.01. The second kappa shape index (κ2) is 7.10. The predicted octanol–water partition coefficient (Wildman–Crippen LogP) is 5.01. The van der Waals surface area contributed by atoms with Gasteiger partial charge in [-0.2, -0.15) is 13.2 Å². The van der Waals surface area contributed by atoms with Crippen LogP contribution in [-0.2, 0) is 10.6 Å². The zero-order valence-electron chi connectivity index (χ0n) is 14.4. The van der Waals surface area contributed by atoms with Crippen LogP contribution in [0.4, 0.5) is 18.9 Å². The Bertz CT molecular complexity index is 597. The van der Waals surface area contributed by atoms with Crippen molar-refractivity contribution >= 4 is 14.0 Å². The lowest BCUT2D eigenvalue weighted by molar-refractivity contribution is -0.385. The molecule has 0 spiro atoms. The summed E-state index contributed by atoms with van der Waals surface area (Å²) in [6.07, 6.45) is -4.73. The summed E-state index contributed by atoms with van der Waals surface area (Å²) in [4.78, 5) is 9.76. The van der Waals surface area contributed by atoms with Crippen molar-refractivity contribution in [3.05, 3.63) is 33.9 Å². The minimum atomic E-state index is -4.73. The number of nitro benzene ring substituents is 1. The highest BCUT2D eigenvalue weighted by atomic mass is 28.4. The van der Waals surface area contributed by atoms with Crippen molar-refractivity contribution in [3.63, 3.8) is 0 Å². The van der Waals surface area contributed by atoms with Gasteiger partial charge in [0, 0.05) is 12.1 Å². The number of nitro groups is 1. The molecule has 0 amide bonds. The third-order valence-corrected chi connectivity index (χ3v) is 8.63. The maximum Gasteiger partial charge on any atom is 0.420 e. The van der Waals surface area contributed by atoms with Crippen LogP contribution in [0.15, 0.2) is 18.2 Å². The average Bonchev–Trinajstić information content (AvgIpc) is 2.41. The monoisotopic (exact) mass is 365 g/mol. The number of halogens is 3. The van der Waals surface area contributed by atoms with Crippen molar-refractivity contribution in [3.8, 4) is 5.75 Å². The highest BCUT2D eigenvalue weighted by Gasteiger charge is 2.38. The molecule has 0 radical (unpaired) electrons. The standard InChI is InChI=1S/C15H22F3NO4Si/c1-14(2,3)24(4,5)23-9-8-22-13-7-6-11(19(20)21)10-12(13)15(16,17)18/h6-7,10H,8-9H2,1-5H3. The molecule has 0 fully saturated rings. The lowest BCUT2D eigenvalue weighted by Crippen LogP contribution is -2.41. The number of hydrogen-bond acceptors (Lipinski definition) is 4. The summed E-state index contributed by atoms with van der Waals surface area (Å²) < 4.78 is 50.0. The van der Waals surface area contributed by atoms with E-state index < -0.39 is 36.4 Å². The molecule has 136 valence electrons. The Labute approximate surface area is 140 Å². The molecule has 1 aromatic carbocycles. The molecule has 0 unspecified atom stereocenters. The van der Waals surface area contributed by atoms with Gasteiger partial charge in [-0.1, -0.05) is 20.8 Å². The fraction of sp³-hybridized carbons (Fsp3) is 0.600. The van der Waals surface area contributed by atoms with Gasteiger partial charge in [-0.3, -0.25) is 10.1 Å². The van der Waals surface area contributed by atoms with Gasteiger partial charge in [-0.15, -0.1) is 0 Å². The molecule has 0 atom stereocenters. The lowest BCUT2D eigenvalue weighted by Gasteiger charge is -2.36. The SMILES string of the molecule is CC(C)(C)[Si](C)(C)OCCOc1ccc([N+](=O)[O-])cc1C(F)(F)F. The van der Waals surface area contributed by atoms with E-state index in [0.29, 0.717) is 6.07 Å². The van der Waals surface area contributed by atoms with Gasteiger partial charge in [0.15, 0.2) is 8.32 Å². The van der Waals surface area contributed by atoms with Crippen LogP contribution in [0.25, 0.3) is 0 Å². The molecule has 9 heteroatoms. The summed E-state index contributed by atoms with van der Waals surface area (Å²) in [5.41, 5.74) is -1.80. The van der Waals surface area contributed by atoms with E-state index in [4.69, 9.17) is 9.16 Å². The minimum absolute atomic E-state index is 0.0164. The zero-order chi connectivity index (χ0) is 18.8. The van der Waals surface area contributed by atoms with Crippen molar-refractivity contribution in [2.45, 2.75) is 45.1 Å². The Morgan fingerprint density at radius 1 is 1.17 bits per heavy atom. The number of nitrogens with zero attached hydrogens (tertiary/aromatic N) is 1. The van der Waals surface area contributed by atoms with Crippen LogP contribution in [0.2, 0.25) is 18.1 Å². The minimum Gasteiger partial charge on any atom is -0.491 e. The van der Waals surface area contributed by atoms with Gasteiger partial charge in [0.2, 0.25) is 0 Å². The van der Waals surface area contributed by atoms with Crippen LogP contribution in [0.3, 0.4) is 0 Å². The van der Waals surface area contributed by atoms with Gasteiger partial charge >= 0.3 is 6.18 Å². The molecule has 0 saturated carbocycles. The van der Waals surface area contributed by atoms with Crippen LogP contribution >= 0.6 is 0 Å². The van der Waals surface area contributed by atoms with E-state index in [1.54, 1.807) is 0 Å². The highest BCUT2D eigenvalue weighted by Crippen LogP contribution is 2.39. The van der Waals surface area contributed by atoms with Crippen LogP contribution in [0.5, 0.6) is 5.75 Å².